The van der Waals surface area contributed by atoms with Gasteiger partial charge in [0, 0.05) is 6.07 Å². The van der Waals surface area contributed by atoms with Gasteiger partial charge >= 0.3 is 5.97 Å². The minimum absolute atomic E-state index is 0.0678. The summed E-state index contributed by atoms with van der Waals surface area (Å²) in [7, 11) is 0. The molecule has 1 amide bonds. The molecule has 0 aliphatic carbocycles. The van der Waals surface area contributed by atoms with Crippen LogP contribution in [0.1, 0.15) is 36.2 Å². The maximum atomic E-state index is 12.2. The number of nitro groups is 1. The van der Waals surface area contributed by atoms with Crippen LogP contribution in [0.2, 0.25) is 0 Å². The molecule has 0 saturated carbocycles. The van der Waals surface area contributed by atoms with Crippen molar-refractivity contribution in [1.29, 1.82) is 0 Å². The van der Waals surface area contributed by atoms with Crippen molar-refractivity contribution in [2.24, 2.45) is 5.92 Å². The minimum Gasteiger partial charge on any atom is -0.480 e. The number of hydrogen-bond acceptors (Lipinski definition) is 4. The van der Waals surface area contributed by atoms with Crippen molar-refractivity contribution < 1.29 is 19.6 Å². The van der Waals surface area contributed by atoms with Gasteiger partial charge in [-0.15, -0.1) is 0 Å². The molecule has 1 atom stereocenters. The van der Waals surface area contributed by atoms with Crippen LogP contribution < -0.4 is 5.32 Å². The molecule has 0 unspecified atom stereocenters. The highest BCUT2D eigenvalue weighted by Crippen LogP contribution is 2.22. The van der Waals surface area contributed by atoms with Crippen LogP contribution in [0.4, 0.5) is 5.69 Å². The van der Waals surface area contributed by atoms with Crippen LogP contribution in [0.5, 0.6) is 0 Å². The Morgan fingerprint density at radius 2 is 2.00 bits per heavy atom. The quantitative estimate of drug-likeness (QED) is 0.617. The first-order chi connectivity index (χ1) is 9.73. The fourth-order valence-electron chi connectivity index (χ4n) is 2.02. The Hall–Kier alpha value is -2.44. The summed E-state index contributed by atoms with van der Waals surface area (Å²) in [4.78, 5) is 33.7. The lowest BCUT2D eigenvalue weighted by molar-refractivity contribution is -0.385. The van der Waals surface area contributed by atoms with Gasteiger partial charge in [-0.25, -0.2) is 4.79 Å². The van der Waals surface area contributed by atoms with Gasteiger partial charge in [0.1, 0.15) is 11.6 Å². The van der Waals surface area contributed by atoms with Crippen LogP contribution >= 0.6 is 0 Å². The number of nitro benzene ring substituents is 1. The molecule has 0 radical (unpaired) electrons. The maximum Gasteiger partial charge on any atom is 0.326 e. The number of nitrogens with one attached hydrogen (secondary N) is 1. The van der Waals surface area contributed by atoms with Gasteiger partial charge in [0.05, 0.1) is 4.92 Å². The number of nitrogens with zero attached hydrogens (tertiary/aromatic N) is 1. The molecular weight excluding hydrogens is 276 g/mol. The van der Waals surface area contributed by atoms with Crippen molar-refractivity contribution in [2.45, 2.75) is 33.2 Å². The van der Waals surface area contributed by atoms with Crippen molar-refractivity contribution >= 4 is 17.6 Å². The van der Waals surface area contributed by atoms with E-state index in [1.54, 1.807) is 13.0 Å². The Kier molecular flexibility index (Phi) is 5.40. The molecule has 7 nitrogen and oxygen atoms in total. The highest BCUT2D eigenvalue weighted by atomic mass is 16.6. The zero-order chi connectivity index (χ0) is 16.2. The predicted octanol–water partition coefficient (Wildman–Crippen LogP) is 2.13. The first-order valence-electron chi connectivity index (χ1n) is 6.51. The van der Waals surface area contributed by atoms with E-state index in [9.17, 15) is 19.7 Å². The lowest BCUT2D eigenvalue weighted by Crippen LogP contribution is -2.42. The van der Waals surface area contributed by atoms with Crippen molar-refractivity contribution in [3.63, 3.8) is 0 Å². The molecule has 1 aromatic carbocycles. The lowest BCUT2D eigenvalue weighted by Gasteiger charge is -2.17. The minimum atomic E-state index is -1.16. The molecule has 1 aromatic rings. The average molecular weight is 294 g/mol. The third kappa shape index (κ3) is 4.27. The molecule has 114 valence electrons. The lowest BCUT2D eigenvalue weighted by atomic mass is 10.0. The van der Waals surface area contributed by atoms with Crippen LogP contribution in [0.3, 0.4) is 0 Å². The third-order valence-electron chi connectivity index (χ3n) is 2.99. The fraction of sp³-hybridized carbons (Fsp3) is 0.429. The van der Waals surface area contributed by atoms with Gasteiger partial charge < -0.3 is 10.4 Å². The Morgan fingerprint density at radius 3 is 2.48 bits per heavy atom. The Labute approximate surface area is 122 Å². The van der Waals surface area contributed by atoms with Gasteiger partial charge in [-0.1, -0.05) is 26.0 Å². The molecule has 0 fully saturated rings. The maximum absolute atomic E-state index is 12.2. The largest absolute Gasteiger partial charge is 0.480 e. The van der Waals surface area contributed by atoms with Crippen LogP contribution in [-0.2, 0) is 4.79 Å². The van der Waals surface area contributed by atoms with E-state index in [2.05, 4.69) is 5.32 Å². The second-order valence-corrected chi connectivity index (χ2v) is 5.22. The standard InChI is InChI=1S/C14H18N2O5/c1-8(2)7-10(14(18)19)15-13(17)12-9(3)5-4-6-11(12)16(20)21/h4-6,8,10H,7H2,1-3H3,(H,15,17)(H,18,19)/t10-/m1/s1. The van der Waals surface area contributed by atoms with Gasteiger partial charge in [0.25, 0.3) is 11.6 Å². The summed E-state index contributed by atoms with van der Waals surface area (Å²) in [5, 5.41) is 22.5. The zero-order valence-corrected chi connectivity index (χ0v) is 12.1. The Balaban J connectivity index is 3.08. The molecule has 0 aliphatic rings. The molecular formula is C14H18N2O5. The number of amides is 1. The normalized spacial score (nSPS) is 12.0. The summed E-state index contributed by atoms with van der Waals surface area (Å²) in [6.07, 6.45) is 0.251. The van der Waals surface area contributed by atoms with E-state index in [0.717, 1.165) is 0 Å². The monoisotopic (exact) mass is 294 g/mol. The highest BCUT2D eigenvalue weighted by molar-refractivity contribution is 6.01. The third-order valence-corrected chi connectivity index (χ3v) is 2.99. The van der Waals surface area contributed by atoms with E-state index in [0.29, 0.717) is 5.56 Å². The number of carbonyl (C=O) groups excluding carboxylic acids is 1. The number of aliphatic carboxylic acids is 1. The second kappa shape index (κ2) is 6.83. The molecule has 0 heterocycles. The molecule has 0 aromatic heterocycles. The second-order valence-electron chi connectivity index (χ2n) is 5.22. The van der Waals surface area contributed by atoms with Crippen LogP contribution in [0, 0.1) is 23.0 Å². The highest BCUT2D eigenvalue weighted by Gasteiger charge is 2.27. The number of rotatable bonds is 6. The van der Waals surface area contributed by atoms with Gasteiger partial charge in [-0.05, 0) is 24.8 Å². The van der Waals surface area contributed by atoms with E-state index in [-0.39, 0.29) is 23.6 Å². The number of carboxylic acid groups (broad SMARTS) is 1. The van der Waals surface area contributed by atoms with Crippen LogP contribution in [0.25, 0.3) is 0 Å². The topological polar surface area (TPSA) is 110 Å². The molecule has 1 rings (SSSR count). The number of aryl methyl sites for hydroxylation is 1. The predicted molar refractivity (Wildman–Crippen MR) is 76.2 cm³/mol. The Bertz CT molecular complexity index is 568. The number of hydrogen-bond donors (Lipinski definition) is 2. The Morgan fingerprint density at radius 1 is 1.38 bits per heavy atom. The van der Waals surface area contributed by atoms with Gasteiger partial charge in [0.15, 0.2) is 0 Å². The van der Waals surface area contributed by atoms with Crippen molar-refractivity contribution in [3.8, 4) is 0 Å². The summed E-state index contributed by atoms with van der Waals surface area (Å²) >= 11 is 0. The molecule has 21 heavy (non-hydrogen) atoms. The molecule has 0 spiro atoms. The SMILES string of the molecule is Cc1cccc([N+](=O)[O-])c1C(=O)N[C@H](CC(C)C)C(=O)O. The number of carbonyl (C=O) groups is 2. The van der Waals surface area contributed by atoms with E-state index < -0.39 is 22.8 Å². The smallest absolute Gasteiger partial charge is 0.326 e. The molecule has 0 aliphatic heterocycles. The average Bonchev–Trinajstić information content (AvgIpc) is 2.36. The summed E-state index contributed by atoms with van der Waals surface area (Å²) in [5.41, 5.74) is -0.00548. The van der Waals surface area contributed by atoms with E-state index >= 15 is 0 Å². The molecule has 0 bridgehead atoms. The number of benzene rings is 1. The molecule has 2 N–H and O–H groups in total. The summed E-state index contributed by atoms with van der Waals surface area (Å²) in [6.45, 7) is 5.23. The van der Waals surface area contributed by atoms with Crippen LogP contribution in [0.15, 0.2) is 18.2 Å². The van der Waals surface area contributed by atoms with E-state index in [1.165, 1.54) is 12.1 Å². The molecule has 0 saturated heterocycles. The zero-order valence-electron chi connectivity index (χ0n) is 12.1. The summed E-state index contributed by atoms with van der Waals surface area (Å²) in [6, 6.07) is 3.20. The summed E-state index contributed by atoms with van der Waals surface area (Å²) < 4.78 is 0. The molecule has 7 heteroatoms. The van der Waals surface area contributed by atoms with Crippen LogP contribution in [-0.4, -0.2) is 27.9 Å². The van der Waals surface area contributed by atoms with Gasteiger partial charge in [-0.2, -0.15) is 0 Å². The van der Waals surface area contributed by atoms with Crippen molar-refractivity contribution in [2.75, 3.05) is 0 Å². The van der Waals surface area contributed by atoms with E-state index in [1.807, 2.05) is 13.8 Å². The summed E-state index contributed by atoms with van der Waals surface area (Å²) in [5.74, 6) is -1.83. The van der Waals surface area contributed by atoms with E-state index in [4.69, 9.17) is 5.11 Å². The number of carboxylic acids is 1. The van der Waals surface area contributed by atoms with Gasteiger partial charge in [-0.3, -0.25) is 14.9 Å². The van der Waals surface area contributed by atoms with Crippen molar-refractivity contribution in [3.05, 3.63) is 39.4 Å². The van der Waals surface area contributed by atoms with Crippen molar-refractivity contribution in [1.82, 2.24) is 5.32 Å². The first-order valence-corrected chi connectivity index (χ1v) is 6.51. The first kappa shape index (κ1) is 16.6. The van der Waals surface area contributed by atoms with Gasteiger partial charge in [0.2, 0.25) is 0 Å². The fourth-order valence-corrected chi connectivity index (χ4v) is 2.02.